The Hall–Kier alpha value is -2.91. The van der Waals surface area contributed by atoms with Crippen LogP contribution in [0.2, 0.25) is 0 Å². The first-order chi connectivity index (χ1) is 17.5. The van der Waals surface area contributed by atoms with Crippen molar-refractivity contribution < 1.29 is 18.8 Å². The van der Waals surface area contributed by atoms with Gasteiger partial charge in [0.2, 0.25) is 0 Å². The predicted molar refractivity (Wildman–Crippen MR) is 144 cm³/mol. The molecule has 0 amide bonds. The van der Waals surface area contributed by atoms with Crippen LogP contribution in [0.3, 0.4) is 0 Å². The Bertz CT molecular complexity index is 1290. The molecule has 36 heavy (non-hydrogen) atoms. The molecule has 0 aliphatic rings. The Morgan fingerprint density at radius 1 is 1.06 bits per heavy atom. The minimum Gasteiger partial charge on any atom is -0.494 e. The van der Waals surface area contributed by atoms with Crippen LogP contribution in [0.15, 0.2) is 54.7 Å². The van der Waals surface area contributed by atoms with Crippen LogP contribution >= 0.6 is 12.0 Å². The van der Waals surface area contributed by atoms with Gasteiger partial charge in [-0.3, -0.25) is 4.98 Å². The van der Waals surface area contributed by atoms with Gasteiger partial charge in [-0.1, -0.05) is 44.2 Å². The van der Waals surface area contributed by atoms with Crippen LogP contribution in [-0.2, 0) is 21.2 Å². The molecular formula is C28H33N3O4S. The highest BCUT2D eigenvalue weighted by Crippen LogP contribution is 2.40. The van der Waals surface area contributed by atoms with E-state index < -0.39 is 6.10 Å². The standard InChI is InChI=1S/C28H33N3O4S/c1-18(2)19-9-11-20(12-10-19)28-30-25-22(17-36-35-5)21(27(32)23-8-6-7-13-29-23)16-24(34-4)26(25)31(28)14-15-33-3/h6-13,16,18,27,32H,14-15,17H2,1-5H3. The Morgan fingerprint density at radius 2 is 1.83 bits per heavy atom. The SMILES string of the molecule is COCCn1c(-c2ccc(C(C)C)cc2)nc2c(CSOC)c(C(O)c3ccccn3)cc(OC)c21. The number of ether oxygens (including phenoxy) is 2. The lowest BCUT2D eigenvalue weighted by molar-refractivity contribution is 0.188. The maximum Gasteiger partial charge on any atom is 0.145 e. The summed E-state index contributed by atoms with van der Waals surface area (Å²) in [5.41, 5.74) is 6.04. The van der Waals surface area contributed by atoms with E-state index in [4.69, 9.17) is 18.6 Å². The van der Waals surface area contributed by atoms with Gasteiger partial charge in [0, 0.05) is 31.2 Å². The number of nitrogens with zero attached hydrogens (tertiary/aromatic N) is 3. The lowest BCUT2D eigenvalue weighted by Crippen LogP contribution is -2.09. The summed E-state index contributed by atoms with van der Waals surface area (Å²) in [6.45, 7) is 5.49. The van der Waals surface area contributed by atoms with Crippen molar-refractivity contribution in [2.75, 3.05) is 27.9 Å². The number of aliphatic hydroxyl groups is 1. The molecule has 0 aliphatic carbocycles. The van der Waals surface area contributed by atoms with Gasteiger partial charge in [-0.25, -0.2) is 4.98 Å². The number of hydrogen-bond acceptors (Lipinski definition) is 7. The van der Waals surface area contributed by atoms with Gasteiger partial charge in [0.05, 0.1) is 32.0 Å². The molecule has 0 aliphatic heterocycles. The fraction of sp³-hybridized carbons (Fsp3) is 0.357. The number of benzene rings is 2. The molecule has 0 radical (unpaired) electrons. The first-order valence-corrected chi connectivity index (χ1v) is 12.8. The average molecular weight is 508 g/mol. The Morgan fingerprint density at radius 3 is 2.44 bits per heavy atom. The normalized spacial score (nSPS) is 12.4. The maximum absolute atomic E-state index is 11.3. The molecule has 1 unspecified atom stereocenters. The summed E-state index contributed by atoms with van der Waals surface area (Å²) in [5, 5.41) is 11.3. The Labute approximate surface area is 216 Å². The number of methoxy groups -OCH3 is 2. The molecule has 0 saturated heterocycles. The highest BCUT2D eigenvalue weighted by Gasteiger charge is 2.26. The van der Waals surface area contributed by atoms with Crippen molar-refractivity contribution in [3.05, 3.63) is 77.1 Å². The molecule has 1 atom stereocenters. The molecule has 2 aromatic carbocycles. The summed E-state index contributed by atoms with van der Waals surface area (Å²) in [5.74, 6) is 2.40. The Balaban J connectivity index is 1.98. The van der Waals surface area contributed by atoms with Gasteiger partial charge in [0.15, 0.2) is 0 Å². The van der Waals surface area contributed by atoms with Crippen molar-refractivity contribution in [2.24, 2.45) is 0 Å². The van der Waals surface area contributed by atoms with E-state index in [1.807, 2.05) is 24.3 Å². The molecule has 0 bridgehead atoms. The fourth-order valence-corrected chi connectivity index (χ4v) is 4.89. The second-order valence-corrected chi connectivity index (χ2v) is 9.64. The number of aliphatic hydroxyl groups excluding tert-OH is 1. The van der Waals surface area contributed by atoms with E-state index in [-0.39, 0.29) is 0 Å². The van der Waals surface area contributed by atoms with E-state index in [1.165, 1.54) is 17.6 Å². The molecule has 8 heteroatoms. The van der Waals surface area contributed by atoms with Gasteiger partial charge < -0.3 is 23.3 Å². The van der Waals surface area contributed by atoms with E-state index in [0.717, 1.165) is 28.0 Å². The third kappa shape index (κ3) is 5.27. The summed E-state index contributed by atoms with van der Waals surface area (Å²) in [6, 6.07) is 15.9. The van der Waals surface area contributed by atoms with Gasteiger partial charge in [-0.05, 0) is 52.9 Å². The molecule has 1 N–H and O–H groups in total. The molecule has 0 fully saturated rings. The largest absolute Gasteiger partial charge is 0.494 e. The zero-order chi connectivity index (χ0) is 25.7. The number of fused-ring (bicyclic) bond motifs is 1. The topological polar surface area (TPSA) is 78.6 Å². The fourth-order valence-electron chi connectivity index (χ4n) is 4.35. The quantitative estimate of drug-likeness (QED) is 0.259. The van der Waals surface area contributed by atoms with Gasteiger partial charge in [0.1, 0.15) is 23.2 Å². The summed E-state index contributed by atoms with van der Waals surface area (Å²) in [7, 11) is 4.97. The van der Waals surface area contributed by atoms with E-state index in [0.29, 0.717) is 41.8 Å². The monoisotopic (exact) mass is 507 g/mol. The van der Waals surface area contributed by atoms with Gasteiger partial charge in [0.25, 0.3) is 0 Å². The molecule has 0 saturated carbocycles. The minimum atomic E-state index is -0.935. The van der Waals surface area contributed by atoms with E-state index in [9.17, 15) is 5.11 Å². The number of imidazole rings is 1. The maximum atomic E-state index is 11.3. The molecule has 4 rings (SSSR count). The highest BCUT2D eigenvalue weighted by molar-refractivity contribution is 7.93. The van der Waals surface area contributed by atoms with Crippen LogP contribution in [0.1, 0.15) is 48.3 Å². The van der Waals surface area contributed by atoms with Gasteiger partial charge >= 0.3 is 0 Å². The first kappa shape index (κ1) is 26.2. The predicted octanol–water partition coefficient (Wildman–Crippen LogP) is 5.75. The summed E-state index contributed by atoms with van der Waals surface area (Å²) in [6.07, 6.45) is 0.742. The minimum absolute atomic E-state index is 0.444. The molecule has 2 heterocycles. The molecule has 2 aromatic heterocycles. The lowest BCUT2D eigenvalue weighted by Gasteiger charge is -2.18. The van der Waals surface area contributed by atoms with Crippen molar-refractivity contribution in [1.29, 1.82) is 0 Å². The van der Waals surface area contributed by atoms with Crippen molar-refractivity contribution >= 4 is 23.1 Å². The second kappa shape index (κ2) is 11.9. The second-order valence-electron chi connectivity index (χ2n) is 8.79. The van der Waals surface area contributed by atoms with Crippen molar-refractivity contribution in [3.8, 4) is 17.1 Å². The number of pyridine rings is 1. The van der Waals surface area contributed by atoms with Crippen LogP contribution in [0.4, 0.5) is 0 Å². The lowest BCUT2D eigenvalue weighted by atomic mass is 9.98. The highest BCUT2D eigenvalue weighted by atomic mass is 32.2. The third-order valence-electron chi connectivity index (χ3n) is 6.28. The molecule has 7 nitrogen and oxygen atoms in total. The van der Waals surface area contributed by atoms with Crippen molar-refractivity contribution in [2.45, 2.75) is 38.2 Å². The van der Waals surface area contributed by atoms with E-state index >= 15 is 0 Å². The first-order valence-electron chi connectivity index (χ1n) is 11.9. The van der Waals surface area contributed by atoms with Crippen LogP contribution in [0, 0.1) is 0 Å². The van der Waals surface area contributed by atoms with Crippen LogP contribution in [0.25, 0.3) is 22.4 Å². The molecule has 190 valence electrons. The Kier molecular flexibility index (Phi) is 8.64. The van der Waals surface area contributed by atoms with Crippen molar-refractivity contribution in [1.82, 2.24) is 14.5 Å². The van der Waals surface area contributed by atoms with E-state index in [2.05, 4.69) is 47.7 Å². The molecule has 0 spiro atoms. The van der Waals surface area contributed by atoms with Gasteiger partial charge in [-0.2, -0.15) is 0 Å². The van der Waals surface area contributed by atoms with Gasteiger partial charge in [-0.15, -0.1) is 0 Å². The molecule has 4 aromatic rings. The summed E-state index contributed by atoms with van der Waals surface area (Å²) in [4.78, 5) is 9.51. The van der Waals surface area contributed by atoms with E-state index in [1.54, 1.807) is 27.5 Å². The van der Waals surface area contributed by atoms with Crippen LogP contribution in [-0.4, -0.2) is 47.6 Å². The number of aromatic nitrogens is 3. The average Bonchev–Trinajstić information content (AvgIpc) is 3.29. The van der Waals surface area contributed by atoms with Crippen molar-refractivity contribution in [3.63, 3.8) is 0 Å². The zero-order valence-corrected chi connectivity index (χ0v) is 22.2. The number of hydrogen-bond donors (Lipinski definition) is 1. The number of rotatable bonds is 11. The third-order valence-corrected chi connectivity index (χ3v) is 6.92. The van der Waals surface area contributed by atoms with Crippen LogP contribution in [0.5, 0.6) is 5.75 Å². The zero-order valence-electron chi connectivity index (χ0n) is 21.4. The summed E-state index contributed by atoms with van der Waals surface area (Å²) >= 11 is 1.30. The molecular weight excluding hydrogens is 474 g/mol. The smallest absolute Gasteiger partial charge is 0.145 e. The summed E-state index contributed by atoms with van der Waals surface area (Å²) < 4.78 is 18.8. The van der Waals surface area contributed by atoms with Crippen LogP contribution < -0.4 is 4.74 Å².